The largest absolute Gasteiger partial charge is 0.494 e. The minimum atomic E-state index is -0.463. The molecule has 24 heavy (non-hydrogen) atoms. The first-order valence-corrected chi connectivity index (χ1v) is 7.77. The number of amides is 2. The molecule has 0 aliphatic carbocycles. The lowest BCUT2D eigenvalue weighted by atomic mass is 10.2. The van der Waals surface area contributed by atoms with E-state index in [1.165, 1.54) is 25.3 Å². The van der Waals surface area contributed by atoms with Crippen molar-refractivity contribution in [3.63, 3.8) is 0 Å². The van der Waals surface area contributed by atoms with Gasteiger partial charge in [-0.15, -0.1) is 0 Å². The zero-order chi connectivity index (χ0) is 17.5. The summed E-state index contributed by atoms with van der Waals surface area (Å²) in [6, 6.07) is 4.54. The van der Waals surface area contributed by atoms with E-state index in [0.29, 0.717) is 38.3 Å². The van der Waals surface area contributed by atoms with Crippen molar-refractivity contribution in [2.45, 2.75) is 0 Å². The van der Waals surface area contributed by atoms with E-state index in [4.69, 9.17) is 4.74 Å². The van der Waals surface area contributed by atoms with Gasteiger partial charge in [-0.25, -0.2) is 4.39 Å². The number of likely N-dealkylation sites (N-methyl/N-ethyl adjacent to an activating group) is 1. The van der Waals surface area contributed by atoms with Gasteiger partial charge in [-0.05, 0) is 23.8 Å². The van der Waals surface area contributed by atoms with Crippen molar-refractivity contribution in [2.24, 2.45) is 0 Å². The third kappa shape index (κ3) is 4.79. The minimum absolute atomic E-state index is 0.0313. The molecule has 0 radical (unpaired) electrons. The molecular formula is C17H22FN3O3. The Hall–Kier alpha value is -2.41. The van der Waals surface area contributed by atoms with Gasteiger partial charge in [0.15, 0.2) is 11.6 Å². The van der Waals surface area contributed by atoms with Crippen LogP contribution in [0.1, 0.15) is 5.56 Å². The molecule has 0 atom stereocenters. The second-order valence-electron chi connectivity index (χ2n) is 5.50. The number of nitrogens with one attached hydrogen (secondary N) is 1. The molecule has 6 nitrogen and oxygen atoms in total. The van der Waals surface area contributed by atoms with E-state index >= 15 is 0 Å². The van der Waals surface area contributed by atoms with Gasteiger partial charge in [0.05, 0.1) is 13.7 Å². The lowest BCUT2D eigenvalue weighted by Gasteiger charge is -2.33. The average Bonchev–Trinajstić information content (AvgIpc) is 2.60. The van der Waals surface area contributed by atoms with E-state index in [9.17, 15) is 14.0 Å². The van der Waals surface area contributed by atoms with Crippen LogP contribution in [0.3, 0.4) is 0 Å². The van der Waals surface area contributed by atoms with Crippen LogP contribution in [0.25, 0.3) is 6.08 Å². The number of methoxy groups -OCH3 is 1. The van der Waals surface area contributed by atoms with Crippen LogP contribution in [0.5, 0.6) is 5.75 Å². The SMILES string of the molecule is CNC(=O)CN1CCN(C(=O)/C=C/c2ccc(OC)c(F)c2)CC1. The van der Waals surface area contributed by atoms with Gasteiger partial charge in [0, 0.05) is 39.3 Å². The van der Waals surface area contributed by atoms with Crippen molar-refractivity contribution >= 4 is 17.9 Å². The topological polar surface area (TPSA) is 61.9 Å². The van der Waals surface area contributed by atoms with Crippen molar-refractivity contribution in [3.05, 3.63) is 35.7 Å². The van der Waals surface area contributed by atoms with Gasteiger partial charge in [-0.2, -0.15) is 0 Å². The summed E-state index contributed by atoms with van der Waals surface area (Å²) in [7, 11) is 3.01. The monoisotopic (exact) mass is 335 g/mol. The maximum absolute atomic E-state index is 13.6. The van der Waals surface area contributed by atoms with Gasteiger partial charge in [0.1, 0.15) is 0 Å². The standard InChI is InChI=1S/C17H22FN3O3/c1-19-16(22)12-20-7-9-21(10-8-20)17(23)6-4-13-3-5-15(24-2)14(18)11-13/h3-6,11H,7-10,12H2,1-2H3,(H,19,22)/b6-4+. The summed E-state index contributed by atoms with van der Waals surface area (Å²) in [6.07, 6.45) is 3.03. The predicted octanol–water partition coefficient (Wildman–Crippen LogP) is 0.738. The molecule has 1 heterocycles. The van der Waals surface area contributed by atoms with E-state index in [0.717, 1.165) is 0 Å². The highest BCUT2D eigenvalue weighted by atomic mass is 19.1. The number of halogens is 1. The summed E-state index contributed by atoms with van der Waals surface area (Å²) < 4.78 is 18.5. The van der Waals surface area contributed by atoms with Crippen LogP contribution < -0.4 is 10.1 Å². The molecular weight excluding hydrogens is 313 g/mol. The third-order valence-corrected chi connectivity index (χ3v) is 3.92. The summed E-state index contributed by atoms with van der Waals surface area (Å²) in [5, 5.41) is 2.59. The third-order valence-electron chi connectivity index (χ3n) is 3.92. The smallest absolute Gasteiger partial charge is 0.246 e. The van der Waals surface area contributed by atoms with Gasteiger partial charge in [-0.3, -0.25) is 14.5 Å². The first-order valence-electron chi connectivity index (χ1n) is 7.77. The van der Waals surface area contributed by atoms with E-state index < -0.39 is 5.82 Å². The predicted molar refractivity (Wildman–Crippen MR) is 89.1 cm³/mol. The minimum Gasteiger partial charge on any atom is -0.494 e. The lowest BCUT2D eigenvalue weighted by molar-refractivity contribution is -0.128. The Balaban J connectivity index is 1.87. The normalized spacial score (nSPS) is 15.5. The highest BCUT2D eigenvalue weighted by Crippen LogP contribution is 2.18. The van der Waals surface area contributed by atoms with Crippen LogP contribution in [0.15, 0.2) is 24.3 Å². The number of benzene rings is 1. The highest BCUT2D eigenvalue weighted by molar-refractivity contribution is 5.91. The van der Waals surface area contributed by atoms with Crippen molar-refractivity contribution in [1.82, 2.24) is 15.1 Å². The Morgan fingerprint density at radius 1 is 1.29 bits per heavy atom. The van der Waals surface area contributed by atoms with Gasteiger partial charge in [0.2, 0.25) is 11.8 Å². The van der Waals surface area contributed by atoms with Crippen LogP contribution in [0, 0.1) is 5.82 Å². The van der Waals surface area contributed by atoms with Crippen LogP contribution in [-0.2, 0) is 9.59 Å². The fourth-order valence-corrected chi connectivity index (χ4v) is 2.47. The number of hydrogen-bond acceptors (Lipinski definition) is 4. The van der Waals surface area contributed by atoms with Crippen LogP contribution in [0.4, 0.5) is 4.39 Å². The number of nitrogens with zero attached hydrogens (tertiary/aromatic N) is 2. The number of rotatable bonds is 5. The number of carbonyl (C=O) groups is 2. The molecule has 1 aliphatic rings. The summed E-state index contributed by atoms with van der Waals surface area (Å²) in [5.74, 6) is -0.442. The molecule has 1 aromatic carbocycles. The maximum Gasteiger partial charge on any atom is 0.246 e. The average molecular weight is 335 g/mol. The summed E-state index contributed by atoms with van der Waals surface area (Å²) in [6.45, 7) is 2.79. The van der Waals surface area contributed by atoms with Gasteiger partial charge in [-0.1, -0.05) is 6.07 Å². The van der Waals surface area contributed by atoms with E-state index in [-0.39, 0.29) is 17.6 Å². The number of carbonyl (C=O) groups excluding carboxylic acids is 2. The Bertz CT molecular complexity index is 626. The molecule has 0 unspecified atom stereocenters. The summed E-state index contributed by atoms with van der Waals surface area (Å²) in [4.78, 5) is 27.3. The van der Waals surface area contributed by atoms with E-state index in [1.807, 2.05) is 4.90 Å². The Morgan fingerprint density at radius 2 is 2.00 bits per heavy atom. The number of ether oxygens (including phenoxy) is 1. The van der Waals surface area contributed by atoms with Crippen molar-refractivity contribution in [3.8, 4) is 5.75 Å². The molecule has 1 N–H and O–H groups in total. The van der Waals surface area contributed by atoms with Gasteiger partial charge in [0.25, 0.3) is 0 Å². The van der Waals surface area contributed by atoms with Crippen molar-refractivity contribution in [2.75, 3.05) is 46.9 Å². The van der Waals surface area contributed by atoms with Crippen molar-refractivity contribution in [1.29, 1.82) is 0 Å². The van der Waals surface area contributed by atoms with Crippen LogP contribution in [-0.4, -0.2) is 68.5 Å². The highest BCUT2D eigenvalue weighted by Gasteiger charge is 2.20. The first kappa shape index (κ1) is 17.9. The fourth-order valence-electron chi connectivity index (χ4n) is 2.47. The zero-order valence-corrected chi connectivity index (χ0v) is 13.9. The molecule has 0 bridgehead atoms. The maximum atomic E-state index is 13.6. The molecule has 0 spiro atoms. The van der Waals surface area contributed by atoms with Crippen molar-refractivity contribution < 1.29 is 18.7 Å². The fraction of sp³-hybridized carbons (Fsp3) is 0.412. The molecule has 1 saturated heterocycles. The molecule has 1 fully saturated rings. The number of piperazine rings is 1. The van der Waals surface area contributed by atoms with Crippen LogP contribution in [0.2, 0.25) is 0 Å². The molecule has 2 amide bonds. The van der Waals surface area contributed by atoms with E-state index in [1.54, 1.807) is 24.1 Å². The molecule has 7 heteroatoms. The lowest BCUT2D eigenvalue weighted by Crippen LogP contribution is -2.50. The molecule has 1 aliphatic heterocycles. The number of hydrogen-bond donors (Lipinski definition) is 1. The molecule has 0 aromatic heterocycles. The molecule has 0 saturated carbocycles. The van der Waals surface area contributed by atoms with Crippen LogP contribution >= 0.6 is 0 Å². The van der Waals surface area contributed by atoms with Gasteiger partial charge < -0.3 is 15.0 Å². The Kier molecular flexibility index (Phi) is 6.31. The molecule has 130 valence electrons. The molecule has 2 rings (SSSR count). The second-order valence-corrected chi connectivity index (χ2v) is 5.50. The van der Waals surface area contributed by atoms with E-state index in [2.05, 4.69) is 5.32 Å². The zero-order valence-electron chi connectivity index (χ0n) is 13.9. The van der Waals surface area contributed by atoms with Gasteiger partial charge >= 0.3 is 0 Å². The Morgan fingerprint density at radius 3 is 2.58 bits per heavy atom. The summed E-state index contributed by atoms with van der Waals surface area (Å²) >= 11 is 0. The first-order chi connectivity index (χ1) is 11.5. The Labute approximate surface area is 140 Å². The summed E-state index contributed by atoms with van der Waals surface area (Å²) in [5.41, 5.74) is 0.597. The second kappa shape index (κ2) is 8.44. The quantitative estimate of drug-likeness (QED) is 0.806. The molecule has 1 aromatic rings.